The molecule has 122 heavy (non-hydrogen) atoms. The van der Waals surface area contributed by atoms with Gasteiger partial charge in [-0.3, -0.25) is 72.7 Å². The average molecular weight is 1690 g/mol. The number of nitrogens with zero attached hydrogens (tertiary/aromatic N) is 8. The van der Waals surface area contributed by atoms with Crippen LogP contribution in [-0.2, 0) is 52.7 Å². The third-order valence-corrected chi connectivity index (χ3v) is 20.6. The average Bonchev–Trinajstić information content (AvgIpc) is 1.06. The number of nitrogens with two attached hydrogens (primary N) is 1. The summed E-state index contributed by atoms with van der Waals surface area (Å²) in [5, 5.41) is 52.5. The monoisotopic (exact) mass is 1690 g/mol. The van der Waals surface area contributed by atoms with Crippen molar-refractivity contribution >= 4 is 113 Å². The van der Waals surface area contributed by atoms with Crippen LogP contribution in [0.15, 0.2) is 117 Å². The maximum absolute atomic E-state index is 15.3. The number of aliphatic hydroxyl groups excluding tert-OH is 2. The maximum atomic E-state index is 15.3. The van der Waals surface area contributed by atoms with Crippen molar-refractivity contribution < 1.29 is 63.0 Å². The summed E-state index contributed by atoms with van der Waals surface area (Å²) in [6.07, 6.45) is 5.18. The second kappa shape index (κ2) is 52.9. The minimum Gasteiger partial charge on any atom is -0.391 e. The molecule has 4 aromatic carbocycles. The first kappa shape index (κ1) is 101. The van der Waals surface area contributed by atoms with Crippen LogP contribution in [0, 0.1) is 17.8 Å². The number of aliphatic imine (C=N–C) groups is 4. The Morgan fingerprint density at radius 1 is 0.451 bits per heavy atom. The minimum absolute atomic E-state index is 0.00470. The molecule has 1 saturated heterocycles. The van der Waals surface area contributed by atoms with E-state index >= 15 is 24.0 Å². The molecular formula is C89H136N20O13. The molecule has 0 aliphatic carbocycles. The molecule has 1 aliphatic rings. The van der Waals surface area contributed by atoms with Crippen molar-refractivity contribution in [1.29, 1.82) is 0 Å². The molecule has 0 radical (unpaired) electrons. The fourth-order valence-electron chi connectivity index (χ4n) is 13.0. The van der Waals surface area contributed by atoms with Gasteiger partial charge in [-0.05, 0) is 167 Å². The van der Waals surface area contributed by atoms with E-state index in [0.29, 0.717) is 17.9 Å². The first-order chi connectivity index (χ1) is 58.0. The summed E-state index contributed by atoms with van der Waals surface area (Å²) < 4.78 is 0. The zero-order valence-corrected chi connectivity index (χ0v) is 74.2. The quantitative estimate of drug-likeness (QED) is 0.0223. The normalized spacial score (nSPS) is 19.7. The summed E-state index contributed by atoms with van der Waals surface area (Å²) in [4.78, 5) is 189. The van der Waals surface area contributed by atoms with Crippen LogP contribution in [0.2, 0.25) is 0 Å². The summed E-state index contributed by atoms with van der Waals surface area (Å²) in [7, 11) is 15.2. The molecule has 15 N–H and O–H groups in total. The molecule has 0 saturated carbocycles. The number of carbonyl (C=O) groups excluding carboxylic acids is 11. The topological polar surface area (TPSA) is 449 Å². The smallest absolute Gasteiger partial charge is 0.245 e. The van der Waals surface area contributed by atoms with Gasteiger partial charge in [0.1, 0.15) is 60.4 Å². The Bertz CT molecular complexity index is 4100. The number of nitrogens with one attached hydrogen (secondary N) is 11. The van der Waals surface area contributed by atoms with Crippen molar-refractivity contribution in [3.8, 4) is 0 Å². The lowest BCUT2D eigenvalue weighted by atomic mass is 9.99. The summed E-state index contributed by atoms with van der Waals surface area (Å²) in [6.45, 7) is 13.1. The largest absolute Gasteiger partial charge is 0.391 e. The fourth-order valence-corrected chi connectivity index (χ4v) is 13.0. The predicted octanol–water partition coefficient (Wildman–Crippen LogP) is 3.46. The van der Waals surface area contributed by atoms with E-state index in [0.717, 1.165) is 58.7 Å². The highest BCUT2D eigenvalue weighted by Crippen LogP contribution is 2.19. The molecule has 4 aromatic rings. The summed E-state index contributed by atoms with van der Waals surface area (Å²) in [5.41, 5.74) is 12.9. The van der Waals surface area contributed by atoms with Gasteiger partial charge < -0.3 is 94.0 Å². The lowest BCUT2D eigenvalue weighted by Crippen LogP contribution is -2.62. The SMILES string of the molecule is CCC(C)CCCCC(=O)N[C@@H](CCN=Cc1ccc(N(C)C)cc1)C(=O)N[C@H](C(=O)N[C@@H](CCN)C(=O)N[C@H]1CCNC(=O)[C@H]([C@@H](C)O)NC(=O)[C@H](CCN=Cc2ccc(N(C)C)cc2)NC(=O)[C@H](CCN=Cc2ccc(N(C)C)cc2)NC(=O)[C@H](CC(C)C)NC(=O)[C@@H](CC(C)C)NC(=O)[C@H](CCN=Cc2ccc(N(C)C)cc2)NC1=O)[C@@H](C)O. The zero-order chi connectivity index (χ0) is 90.1. The highest BCUT2D eigenvalue weighted by molar-refractivity contribution is 6.00. The van der Waals surface area contributed by atoms with Gasteiger partial charge in [-0.15, -0.1) is 0 Å². The van der Waals surface area contributed by atoms with Crippen LogP contribution in [0.5, 0.6) is 0 Å². The number of carbonyl (C=O) groups is 11. The summed E-state index contributed by atoms with van der Waals surface area (Å²) in [6, 6.07) is 14.8. The van der Waals surface area contributed by atoms with Crippen LogP contribution in [0.25, 0.3) is 0 Å². The van der Waals surface area contributed by atoms with E-state index in [1.54, 1.807) is 24.9 Å². The number of unbranched alkanes of at least 4 members (excludes halogenated alkanes) is 1. The molecule has 33 nitrogen and oxygen atoms in total. The Labute approximate surface area is 720 Å². The van der Waals surface area contributed by atoms with Gasteiger partial charge in [0.05, 0.1) is 12.2 Å². The number of aliphatic hydroxyl groups is 2. The molecule has 13 atom stereocenters. The van der Waals surface area contributed by atoms with E-state index in [-0.39, 0.29) is 95.9 Å². The molecule has 1 unspecified atom stereocenters. The Kier molecular flexibility index (Phi) is 43.9. The van der Waals surface area contributed by atoms with Crippen molar-refractivity contribution in [3.63, 3.8) is 0 Å². The molecule has 11 amide bonds. The molecule has 0 spiro atoms. The van der Waals surface area contributed by atoms with E-state index in [9.17, 15) is 39.0 Å². The molecule has 33 heteroatoms. The predicted molar refractivity (Wildman–Crippen MR) is 482 cm³/mol. The molecule has 670 valence electrons. The van der Waals surface area contributed by atoms with E-state index in [2.05, 4.69) is 92.3 Å². The second-order valence-corrected chi connectivity index (χ2v) is 32.9. The van der Waals surface area contributed by atoms with Gasteiger partial charge in [0.2, 0.25) is 65.0 Å². The van der Waals surface area contributed by atoms with Crippen LogP contribution in [0.4, 0.5) is 22.7 Å². The van der Waals surface area contributed by atoms with Crippen molar-refractivity contribution in [3.05, 3.63) is 119 Å². The first-order valence-electron chi connectivity index (χ1n) is 42.4. The standard InChI is InChI=1S/C89H136N20O13/c1-17-58(6)20-18-19-21-77(112)96-70(39-45-91-52-61-22-30-65(31-23-61)106(9)10)84(117)105-79(60(8)111)89(122)101-69(38-44-90)80(113)99-74-43-49-95-88(121)78(59(7)110)104-85(118)73(42-48-94-55-64-28-36-68(37-29-64)109(15)16)98-81(114)71(40-46-92-53-62-24-32-66(33-25-62)107(11)12)100-86(119)75(50-56(2)3)103-87(120)76(51-57(4)5)102-83(116)72(97-82(74)115)41-47-93-54-63-26-34-67(35-27-63)108(13)14/h22-37,52-60,69-76,78-79,110-111H,17-21,38-51,90H2,1-16H3,(H,95,121)(H,96,112)(H,97,115)(H,98,114)(H,99,113)(H,100,119)(H,101,122)(H,102,116)(H,103,120)(H,104,118)(H,105,117)/t58?,59-,60-,69+,70+,71+,72+,73+,74+,75+,76-,78+,79+/m1/s1. The molecule has 5 rings (SSSR count). The van der Waals surface area contributed by atoms with E-state index < -0.39 is 151 Å². The van der Waals surface area contributed by atoms with Crippen LogP contribution in [-0.4, -0.2) is 268 Å². The van der Waals surface area contributed by atoms with Crippen molar-refractivity contribution in [2.24, 2.45) is 43.5 Å². The van der Waals surface area contributed by atoms with E-state index in [1.807, 2.05) is 201 Å². The van der Waals surface area contributed by atoms with Crippen LogP contribution >= 0.6 is 0 Å². The molecule has 0 aromatic heterocycles. The van der Waals surface area contributed by atoms with E-state index in [1.165, 1.54) is 13.8 Å². The van der Waals surface area contributed by atoms with Gasteiger partial charge in [-0.2, -0.15) is 0 Å². The molecule has 1 aliphatic heterocycles. The molecule has 1 fully saturated rings. The third-order valence-electron chi connectivity index (χ3n) is 20.6. The molecular weight excluding hydrogens is 1560 g/mol. The lowest BCUT2D eigenvalue weighted by Gasteiger charge is -2.29. The minimum atomic E-state index is -1.76. The van der Waals surface area contributed by atoms with Crippen LogP contribution in [0.1, 0.15) is 161 Å². The number of hydrogen-bond acceptors (Lipinski definition) is 22. The highest BCUT2D eigenvalue weighted by atomic mass is 16.3. The summed E-state index contributed by atoms with van der Waals surface area (Å²) >= 11 is 0. The highest BCUT2D eigenvalue weighted by Gasteiger charge is 2.38. The number of amides is 11. The number of rotatable bonds is 41. The van der Waals surface area contributed by atoms with Gasteiger partial charge >= 0.3 is 0 Å². The summed E-state index contributed by atoms with van der Waals surface area (Å²) in [5.74, 6) is -9.73. The third kappa shape index (κ3) is 36.2. The Hall–Kier alpha value is -11.2. The van der Waals surface area contributed by atoms with Crippen LogP contribution in [0.3, 0.4) is 0 Å². The lowest BCUT2D eigenvalue weighted by molar-refractivity contribution is -0.137. The van der Waals surface area contributed by atoms with Crippen molar-refractivity contribution in [2.75, 3.05) is 115 Å². The van der Waals surface area contributed by atoms with Gasteiger partial charge in [-0.1, -0.05) is 109 Å². The van der Waals surface area contributed by atoms with Crippen molar-refractivity contribution in [1.82, 2.24) is 58.5 Å². The molecule has 1 heterocycles. The van der Waals surface area contributed by atoms with Gasteiger partial charge in [0.15, 0.2) is 0 Å². The number of anilines is 4. The first-order valence-corrected chi connectivity index (χ1v) is 42.4. The molecule has 0 bridgehead atoms. The van der Waals surface area contributed by atoms with Gasteiger partial charge in [-0.25, -0.2) is 0 Å². The van der Waals surface area contributed by atoms with Gasteiger partial charge in [0, 0.05) is 143 Å². The Morgan fingerprint density at radius 3 is 1.19 bits per heavy atom. The fraction of sp³-hybridized carbons (Fsp3) is 0.562. The van der Waals surface area contributed by atoms with Crippen LogP contribution < -0.4 is 83.8 Å². The van der Waals surface area contributed by atoms with Gasteiger partial charge in [0.25, 0.3) is 0 Å². The Morgan fingerprint density at radius 2 is 0.820 bits per heavy atom. The zero-order valence-electron chi connectivity index (χ0n) is 74.2. The maximum Gasteiger partial charge on any atom is 0.245 e. The number of hydrogen-bond donors (Lipinski definition) is 14. The van der Waals surface area contributed by atoms with Crippen molar-refractivity contribution in [2.45, 2.75) is 211 Å². The second-order valence-electron chi connectivity index (χ2n) is 32.9. The van der Waals surface area contributed by atoms with E-state index in [4.69, 9.17) is 5.73 Å². The number of benzene rings is 4. The Balaban J connectivity index is 1.58.